The van der Waals surface area contributed by atoms with Crippen molar-refractivity contribution >= 4 is 0 Å². The molecule has 0 aromatic heterocycles. The van der Waals surface area contributed by atoms with Crippen LogP contribution in [0.1, 0.15) is 30.6 Å². The molecule has 0 radical (unpaired) electrons. The van der Waals surface area contributed by atoms with Gasteiger partial charge in [-0.15, -0.1) is 0 Å². The Morgan fingerprint density at radius 1 is 0.833 bits per heavy atom. The Morgan fingerprint density at radius 2 is 1.33 bits per heavy atom. The van der Waals surface area contributed by atoms with Crippen LogP contribution in [-0.2, 0) is 4.74 Å². The molecule has 0 saturated carbocycles. The number of ether oxygens (including phenoxy) is 3. The third-order valence-electron chi connectivity index (χ3n) is 5.96. The van der Waals surface area contributed by atoms with Gasteiger partial charge in [-0.05, 0) is 52.9 Å². The topological polar surface area (TPSA) is 47.9 Å². The van der Waals surface area contributed by atoms with Crippen molar-refractivity contribution < 1.29 is 19.3 Å². The van der Waals surface area contributed by atoms with E-state index in [-0.39, 0.29) is 5.41 Å². The highest BCUT2D eigenvalue weighted by atomic mass is 16.5. The summed E-state index contributed by atoms with van der Waals surface area (Å²) in [5, 5.41) is 10.8. The van der Waals surface area contributed by atoms with Crippen LogP contribution >= 0.6 is 0 Å². The third kappa shape index (κ3) is 4.35. The Kier molecular flexibility index (Phi) is 6.07. The standard InChI is InChI=1S/C26H28O4/c1-3-26(16-29-17-26)18-30-24-14-10-22(11-15-24)25(27)21-6-4-19(5-7-21)20-8-12-23(28-2)13-9-20/h4-15,25,27H,3,16-18H2,1-2H3. The van der Waals surface area contributed by atoms with E-state index in [0.717, 1.165) is 53.4 Å². The largest absolute Gasteiger partial charge is 0.497 e. The summed E-state index contributed by atoms with van der Waals surface area (Å²) in [5.74, 6) is 1.66. The van der Waals surface area contributed by atoms with Crippen LogP contribution in [0.5, 0.6) is 11.5 Å². The summed E-state index contributed by atoms with van der Waals surface area (Å²) in [5.41, 5.74) is 4.07. The minimum atomic E-state index is -0.675. The minimum Gasteiger partial charge on any atom is -0.497 e. The molecule has 3 aromatic carbocycles. The maximum Gasteiger partial charge on any atom is 0.119 e. The zero-order chi connectivity index (χ0) is 21.0. The Morgan fingerprint density at radius 3 is 1.80 bits per heavy atom. The summed E-state index contributed by atoms with van der Waals surface area (Å²) in [4.78, 5) is 0. The van der Waals surface area contributed by atoms with Gasteiger partial charge in [0, 0.05) is 0 Å². The molecule has 1 aliphatic heterocycles. The average molecular weight is 405 g/mol. The van der Waals surface area contributed by atoms with Gasteiger partial charge < -0.3 is 19.3 Å². The molecule has 0 spiro atoms. The first kappa shape index (κ1) is 20.5. The Labute approximate surface area is 178 Å². The number of aliphatic hydroxyl groups excluding tert-OH is 1. The van der Waals surface area contributed by atoms with Crippen molar-refractivity contribution in [1.29, 1.82) is 0 Å². The van der Waals surface area contributed by atoms with Gasteiger partial charge in [0.05, 0.1) is 32.3 Å². The highest BCUT2D eigenvalue weighted by Gasteiger charge is 2.37. The van der Waals surface area contributed by atoms with Crippen LogP contribution in [0.2, 0.25) is 0 Å². The highest BCUT2D eigenvalue weighted by Crippen LogP contribution is 2.32. The van der Waals surface area contributed by atoms with E-state index in [2.05, 4.69) is 6.92 Å². The van der Waals surface area contributed by atoms with Crippen molar-refractivity contribution in [3.8, 4) is 22.6 Å². The van der Waals surface area contributed by atoms with Crippen LogP contribution in [0.15, 0.2) is 72.8 Å². The van der Waals surface area contributed by atoms with E-state index in [0.29, 0.717) is 6.61 Å². The van der Waals surface area contributed by atoms with E-state index < -0.39 is 6.10 Å². The van der Waals surface area contributed by atoms with Gasteiger partial charge in [0.2, 0.25) is 0 Å². The molecule has 1 atom stereocenters. The average Bonchev–Trinajstić information content (AvgIpc) is 2.79. The van der Waals surface area contributed by atoms with Crippen LogP contribution < -0.4 is 9.47 Å². The van der Waals surface area contributed by atoms with Gasteiger partial charge in [-0.1, -0.05) is 55.5 Å². The van der Waals surface area contributed by atoms with Crippen LogP contribution in [0.4, 0.5) is 0 Å². The Balaban J connectivity index is 1.40. The molecule has 0 aliphatic carbocycles. The van der Waals surface area contributed by atoms with E-state index in [4.69, 9.17) is 14.2 Å². The Bertz CT molecular complexity index is 936. The van der Waals surface area contributed by atoms with E-state index in [1.165, 1.54) is 0 Å². The highest BCUT2D eigenvalue weighted by molar-refractivity contribution is 5.64. The number of rotatable bonds is 8. The number of benzene rings is 3. The predicted octanol–water partition coefficient (Wildman–Crippen LogP) is 5.25. The summed E-state index contributed by atoms with van der Waals surface area (Å²) >= 11 is 0. The smallest absolute Gasteiger partial charge is 0.119 e. The molecule has 4 rings (SSSR count). The van der Waals surface area contributed by atoms with E-state index in [1.54, 1.807) is 7.11 Å². The third-order valence-corrected chi connectivity index (χ3v) is 5.96. The first-order chi connectivity index (χ1) is 14.6. The van der Waals surface area contributed by atoms with Gasteiger partial charge in [-0.25, -0.2) is 0 Å². The molecule has 156 valence electrons. The number of hydrogen-bond donors (Lipinski definition) is 1. The summed E-state index contributed by atoms with van der Waals surface area (Å²) in [7, 11) is 1.66. The SMILES string of the molecule is CCC1(COc2ccc(C(O)c3ccc(-c4ccc(OC)cc4)cc3)cc2)COC1. The molecule has 4 heteroatoms. The van der Waals surface area contributed by atoms with Crippen molar-refractivity contribution in [2.24, 2.45) is 5.41 Å². The lowest BCUT2D eigenvalue weighted by molar-refractivity contribution is -0.133. The lowest BCUT2D eigenvalue weighted by Gasteiger charge is -2.40. The zero-order valence-corrected chi connectivity index (χ0v) is 17.5. The molecule has 1 N–H and O–H groups in total. The first-order valence-electron chi connectivity index (χ1n) is 10.4. The second-order valence-electron chi connectivity index (χ2n) is 7.96. The molecule has 1 aliphatic rings. The maximum atomic E-state index is 10.8. The Hall–Kier alpha value is -2.82. The lowest BCUT2D eigenvalue weighted by atomic mass is 9.84. The molecule has 30 heavy (non-hydrogen) atoms. The van der Waals surface area contributed by atoms with Crippen LogP contribution in [0.3, 0.4) is 0 Å². The first-order valence-corrected chi connectivity index (χ1v) is 10.4. The normalized spacial score (nSPS) is 15.8. The molecule has 0 amide bonds. The maximum absolute atomic E-state index is 10.8. The molecule has 1 fully saturated rings. The fourth-order valence-electron chi connectivity index (χ4n) is 3.60. The fourth-order valence-corrected chi connectivity index (χ4v) is 3.60. The molecule has 3 aromatic rings. The second kappa shape index (κ2) is 8.90. The van der Waals surface area contributed by atoms with Gasteiger partial charge in [0.1, 0.15) is 17.6 Å². The molecule has 1 unspecified atom stereocenters. The zero-order valence-electron chi connectivity index (χ0n) is 17.5. The fraction of sp³-hybridized carbons (Fsp3) is 0.308. The van der Waals surface area contributed by atoms with Crippen molar-refractivity contribution in [3.05, 3.63) is 83.9 Å². The van der Waals surface area contributed by atoms with Crippen LogP contribution in [0.25, 0.3) is 11.1 Å². The molecular formula is C26H28O4. The van der Waals surface area contributed by atoms with Gasteiger partial charge in [0.25, 0.3) is 0 Å². The van der Waals surface area contributed by atoms with Crippen molar-refractivity contribution in [1.82, 2.24) is 0 Å². The number of hydrogen-bond acceptors (Lipinski definition) is 4. The number of aliphatic hydroxyl groups is 1. The minimum absolute atomic E-state index is 0.157. The summed E-state index contributed by atoms with van der Waals surface area (Å²) in [6, 6.07) is 23.6. The van der Waals surface area contributed by atoms with Crippen LogP contribution in [-0.4, -0.2) is 32.0 Å². The van der Waals surface area contributed by atoms with Gasteiger partial charge >= 0.3 is 0 Å². The quantitative estimate of drug-likeness (QED) is 0.557. The van der Waals surface area contributed by atoms with Crippen molar-refractivity contribution in [2.75, 3.05) is 26.9 Å². The van der Waals surface area contributed by atoms with Crippen molar-refractivity contribution in [3.63, 3.8) is 0 Å². The predicted molar refractivity (Wildman–Crippen MR) is 118 cm³/mol. The van der Waals surface area contributed by atoms with Crippen molar-refractivity contribution in [2.45, 2.75) is 19.4 Å². The lowest BCUT2D eigenvalue weighted by Crippen LogP contribution is -2.46. The number of methoxy groups -OCH3 is 1. The summed E-state index contributed by atoms with van der Waals surface area (Å²) in [6.45, 7) is 4.38. The summed E-state index contributed by atoms with van der Waals surface area (Å²) in [6.07, 6.45) is 0.377. The van der Waals surface area contributed by atoms with E-state index >= 15 is 0 Å². The second-order valence-corrected chi connectivity index (χ2v) is 7.96. The summed E-state index contributed by atoms with van der Waals surface area (Å²) < 4.78 is 16.5. The molecule has 0 bridgehead atoms. The monoisotopic (exact) mass is 404 g/mol. The molecular weight excluding hydrogens is 376 g/mol. The molecule has 4 nitrogen and oxygen atoms in total. The molecule has 1 heterocycles. The molecule has 1 saturated heterocycles. The van der Waals surface area contributed by atoms with Gasteiger partial charge in [0.15, 0.2) is 0 Å². The van der Waals surface area contributed by atoms with Crippen LogP contribution in [0, 0.1) is 5.41 Å². The van der Waals surface area contributed by atoms with Gasteiger partial charge in [-0.3, -0.25) is 0 Å². The van der Waals surface area contributed by atoms with E-state index in [1.807, 2.05) is 72.8 Å². The van der Waals surface area contributed by atoms with E-state index in [9.17, 15) is 5.11 Å². The van der Waals surface area contributed by atoms with Gasteiger partial charge in [-0.2, -0.15) is 0 Å².